The highest BCUT2D eigenvalue weighted by Crippen LogP contribution is 2.53. The first kappa shape index (κ1) is 19.2. The van der Waals surface area contributed by atoms with E-state index in [9.17, 15) is 4.79 Å². The van der Waals surface area contributed by atoms with E-state index in [2.05, 4.69) is 0 Å². The van der Waals surface area contributed by atoms with Crippen molar-refractivity contribution in [2.24, 2.45) is 11.8 Å². The molecule has 1 fully saturated rings. The van der Waals surface area contributed by atoms with E-state index >= 15 is 0 Å². The maximum atomic E-state index is 12.3. The Balaban J connectivity index is 1.97. The summed E-state index contributed by atoms with van der Waals surface area (Å²) in [5.74, 6) is 2.38. The molecule has 0 aromatic heterocycles. The maximum absolute atomic E-state index is 12.3. The molecular weight excluding hydrogens is 376 g/mol. The first-order valence-electron chi connectivity index (χ1n) is 9.43. The van der Waals surface area contributed by atoms with Gasteiger partial charge in [0.05, 0.1) is 27.2 Å². The molecule has 0 radical (unpaired) electrons. The molecule has 0 bridgehead atoms. The van der Waals surface area contributed by atoms with Gasteiger partial charge in [0.25, 0.3) is 0 Å². The van der Waals surface area contributed by atoms with Crippen LogP contribution in [0, 0.1) is 11.8 Å². The van der Waals surface area contributed by atoms with Gasteiger partial charge in [-0.2, -0.15) is 0 Å². The van der Waals surface area contributed by atoms with Crippen LogP contribution in [0.15, 0.2) is 24.3 Å². The Morgan fingerprint density at radius 3 is 2.28 bits per heavy atom. The molecule has 0 spiro atoms. The van der Waals surface area contributed by atoms with Crippen molar-refractivity contribution in [2.45, 2.75) is 20.0 Å². The Hall–Kier alpha value is -3.09. The molecule has 0 aliphatic carbocycles. The van der Waals surface area contributed by atoms with Gasteiger partial charge < -0.3 is 28.4 Å². The molecule has 1 unspecified atom stereocenters. The van der Waals surface area contributed by atoms with Crippen molar-refractivity contribution < 1.29 is 33.2 Å². The van der Waals surface area contributed by atoms with E-state index in [0.717, 1.165) is 16.7 Å². The average molecular weight is 400 g/mol. The van der Waals surface area contributed by atoms with E-state index in [1.54, 1.807) is 21.3 Å². The molecule has 7 heteroatoms. The van der Waals surface area contributed by atoms with E-state index in [-0.39, 0.29) is 24.6 Å². The largest absolute Gasteiger partial charge is 0.493 e. The topological polar surface area (TPSA) is 72.5 Å². The van der Waals surface area contributed by atoms with Gasteiger partial charge in [-0.05, 0) is 23.8 Å². The van der Waals surface area contributed by atoms with Gasteiger partial charge in [0, 0.05) is 17.0 Å². The minimum Gasteiger partial charge on any atom is -0.493 e. The van der Waals surface area contributed by atoms with Crippen LogP contribution in [0.5, 0.6) is 28.7 Å². The summed E-state index contributed by atoms with van der Waals surface area (Å²) in [4.78, 5) is 12.3. The molecule has 2 aromatic carbocycles. The van der Waals surface area contributed by atoms with E-state index < -0.39 is 6.10 Å². The Bertz CT molecular complexity index is 953. The zero-order valence-electron chi connectivity index (χ0n) is 17.1. The normalized spacial score (nSPS) is 22.4. The van der Waals surface area contributed by atoms with Crippen molar-refractivity contribution in [2.75, 3.05) is 28.1 Å². The zero-order valence-corrected chi connectivity index (χ0v) is 17.1. The lowest BCUT2D eigenvalue weighted by Gasteiger charge is -2.24. The predicted octanol–water partition coefficient (Wildman–Crippen LogP) is 3.98. The molecule has 154 valence electrons. The number of hydrogen-bond donors (Lipinski definition) is 0. The molecule has 2 aliphatic rings. The Kier molecular flexibility index (Phi) is 4.90. The summed E-state index contributed by atoms with van der Waals surface area (Å²) in [6, 6.07) is 7.52. The van der Waals surface area contributed by atoms with Crippen LogP contribution in [-0.2, 0) is 9.53 Å². The molecule has 4 rings (SSSR count). The van der Waals surface area contributed by atoms with Crippen molar-refractivity contribution in [1.29, 1.82) is 0 Å². The van der Waals surface area contributed by atoms with Gasteiger partial charge in [-0.15, -0.1) is 0 Å². The first-order chi connectivity index (χ1) is 14.0. The number of methoxy groups -OCH3 is 3. The van der Waals surface area contributed by atoms with Gasteiger partial charge in [0.2, 0.25) is 12.5 Å². The van der Waals surface area contributed by atoms with Gasteiger partial charge in [-0.25, -0.2) is 0 Å². The molecule has 0 saturated carbocycles. The van der Waals surface area contributed by atoms with Crippen molar-refractivity contribution in [3.8, 4) is 39.9 Å². The monoisotopic (exact) mass is 400 g/mol. The number of cyclic esters (lactones) is 1. The Labute approximate surface area is 169 Å². The lowest BCUT2D eigenvalue weighted by molar-refractivity contribution is -0.144. The fraction of sp³-hybridized carbons (Fsp3) is 0.409. The summed E-state index contributed by atoms with van der Waals surface area (Å²) >= 11 is 0. The van der Waals surface area contributed by atoms with E-state index in [0.29, 0.717) is 28.7 Å². The molecule has 2 heterocycles. The third kappa shape index (κ3) is 3.01. The summed E-state index contributed by atoms with van der Waals surface area (Å²) in [5, 5.41) is 0. The fourth-order valence-electron chi connectivity index (χ4n) is 3.91. The molecule has 3 atom stereocenters. The number of benzene rings is 2. The molecule has 2 aromatic rings. The second-order valence-corrected chi connectivity index (χ2v) is 7.18. The minimum absolute atomic E-state index is 0.0157. The van der Waals surface area contributed by atoms with Crippen molar-refractivity contribution in [1.82, 2.24) is 0 Å². The first-order valence-corrected chi connectivity index (χ1v) is 9.43. The molecular formula is C22H24O7. The van der Waals surface area contributed by atoms with Gasteiger partial charge >= 0.3 is 5.97 Å². The third-order valence-corrected chi connectivity index (χ3v) is 5.71. The van der Waals surface area contributed by atoms with Crippen LogP contribution in [0.2, 0.25) is 0 Å². The highest BCUT2D eigenvalue weighted by Gasteiger charge is 2.42. The SMILES string of the molecule is COc1cc(C2OC(=O)[C@H](C)[C@H]2C)c(-c2ccc3c(c2)OCO3)c(OC)c1OC. The Morgan fingerprint density at radius 1 is 0.931 bits per heavy atom. The quantitative estimate of drug-likeness (QED) is 0.703. The second-order valence-electron chi connectivity index (χ2n) is 7.18. The maximum Gasteiger partial charge on any atom is 0.309 e. The number of fused-ring (bicyclic) bond motifs is 1. The van der Waals surface area contributed by atoms with Crippen LogP contribution in [0.4, 0.5) is 0 Å². The predicted molar refractivity (Wildman–Crippen MR) is 105 cm³/mol. The van der Waals surface area contributed by atoms with Crippen LogP contribution in [-0.4, -0.2) is 34.1 Å². The molecule has 0 N–H and O–H groups in total. The van der Waals surface area contributed by atoms with E-state index in [1.807, 2.05) is 38.1 Å². The van der Waals surface area contributed by atoms with Crippen LogP contribution in [0.1, 0.15) is 25.5 Å². The molecule has 7 nitrogen and oxygen atoms in total. The van der Waals surface area contributed by atoms with E-state index in [1.165, 1.54) is 0 Å². The van der Waals surface area contributed by atoms with Crippen LogP contribution in [0.3, 0.4) is 0 Å². The number of carbonyl (C=O) groups is 1. The molecule has 29 heavy (non-hydrogen) atoms. The van der Waals surface area contributed by atoms with Crippen LogP contribution < -0.4 is 23.7 Å². The highest BCUT2D eigenvalue weighted by atomic mass is 16.7. The number of hydrogen-bond acceptors (Lipinski definition) is 7. The number of carbonyl (C=O) groups excluding carboxylic acids is 1. The average Bonchev–Trinajstić information content (AvgIpc) is 3.31. The summed E-state index contributed by atoms with van der Waals surface area (Å²) < 4.78 is 33.6. The standard InChI is InChI=1S/C22H24O7/c1-11-12(2)22(23)29-19(11)14-9-17(24-3)20(25-4)21(26-5)18(14)13-6-7-15-16(8-13)28-10-27-15/h6-9,11-12,19H,10H2,1-5H3/t11-,12-,19?/m1/s1. The summed E-state index contributed by atoms with van der Waals surface area (Å²) in [7, 11) is 4.70. The molecule has 0 amide bonds. The fourth-order valence-corrected chi connectivity index (χ4v) is 3.91. The lowest BCUT2D eigenvalue weighted by Crippen LogP contribution is -2.11. The summed E-state index contributed by atoms with van der Waals surface area (Å²) in [6.07, 6.45) is -0.438. The lowest BCUT2D eigenvalue weighted by atomic mass is 9.85. The number of rotatable bonds is 5. The zero-order chi connectivity index (χ0) is 20.7. The van der Waals surface area contributed by atoms with Crippen molar-refractivity contribution >= 4 is 5.97 Å². The minimum atomic E-state index is -0.438. The van der Waals surface area contributed by atoms with Gasteiger partial charge in [-0.3, -0.25) is 4.79 Å². The summed E-state index contributed by atoms with van der Waals surface area (Å²) in [6.45, 7) is 4.07. The van der Waals surface area contributed by atoms with E-state index in [4.69, 9.17) is 28.4 Å². The van der Waals surface area contributed by atoms with Gasteiger partial charge in [0.15, 0.2) is 23.0 Å². The van der Waals surface area contributed by atoms with Crippen LogP contribution >= 0.6 is 0 Å². The highest BCUT2D eigenvalue weighted by molar-refractivity contribution is 5.83. The molecule has 1 saturated heterocycles. The second kappa shape index (κ2) is 7.39. The van der Waals surface area contributed by atoms with Crippen molar-refractivity contribution in [3.05, 3.63) is 29.8 Å². The summed E-state index contributed by atoms with van der Waals surface area (Å²) in [5.41, 5.74) is 2.40. The molecule has 2 aliphatic heterocycles. The number of ether oxygens (including phenoxy) is 6. The smallest absolute Gasteiger partial charge is 0.309 e. The Morgan fingerprint density at radius 2 is 1.66 bits per heavy atom. The number of esters is 1. The van der Waals surface area contributed by atoms with Crippen molar-refractivity contribution in [3.63, 3.8) is 0 Å². The third-order valence-electron chi connectivity index (χ3n) is 5.71. The van der Waals surface area contributed by atoms with Crippen LogP contribution in [0.25, 0.3) is 11.1 Å². The van der Waals surface area contributed by atoms with Gasteiger partial charge in [-0.1, -0.05) is 19.9 Å². The van der Waals surface area contributed by atoms with Gasteiger partial charge in [0.1, 0.15) is 6.10 Å².